The molecule has 2 aromatic rings. The molecule has 2 amide bonds. The van der Waals surface area contributed by atoms with Crippen LogP contribution in [0.1, 0.15) is 63.0 Å². The summed E-state index contributed by atoms with van der Waals surface area (Å²) in [6, 6.07) is 13.1. The van der Waals surface area contributed by atoms with Gasteiger partial charge >= 0.3 is 0 Å². The predicted molar refractivity (Wildman–Crippen MR) is 134 cm³/mol. The van der Waals surface area contributed by atoms with Crippen molar-refractivity contribution in [2.75, 3.05) is 13.9 Å². The van der Waals surface area contributed by atoms with Crippen molar-refractivity contribution in [3.05, 3.63) is 53.6 Å². The Labute approximate surface area is 207 Å². The van der Waals surface area contributed by atoms with E-state index in [1.165, 1.54) is 6.42 Å². The number of hydrogen-bond acceptors (Lipinski definition) is 5. The van der Waals surface area contributed by atoms with Crippen molar-refractivity contribution in [1.82, 2.24) is 10.2 Å². The van der Waals surface area contributed by atoms with Gasteiger partial charge in [0.2, 0.25) is 18.6 Å². The second kappa shape index (κ2) is 12.0. The van der Waals surface area contributed by atoms with Crippen molar-refractivity contribution in [2.45, 2.75) is 76.9 Å². The van der Waals surface area contributed by atoms with Gasteiger partial charge in [-0.2, -0.15) is 0 Å². The van der Waals surface area contributed by atoms with Crippen LogP contribution >= 0.6 is 0 Å². The van der Waals surface area contributed by atoms with Crippen molar-refractivity contribution >= 4 is 11.8 Å². The fraction of sp³-hybridized carbons (Fsp3) is 0.500. The number of hydrogen-bond donors (Lipinski definition) is 1. The smallest absolute Gasteiger partial charge is 0.243 e. The van der Waals surface area contributed by atoms with E-state index in [0.29, 0.717) is 31.6 Å². The second-order valence-corrected chi connectivity index (χ2v) is 9.33. The maximum atomic E-state index is 13.6. The highest BCUT2D eigenvalue weighted by molar-refractivity contribution is 5.88. The van der Waals surface area contributed by atoms with Gasteiger partial charge in [0.1, 0.15) is 11.8 Å². The highest BCUT2D eigenvalue weighted by Crippen LogP contribution is 2.33. The lowest BCUT2D eigenvalue weighted by atomic mass is 9.95. The second-order valence-electron chi connectivity index (χ2n) is 9.33. The van der Waals surface area contributed by atoms with Crippen molar-refractivity contribution in [3.63, 3.8) is 0 Å². The lowest BCUT2D eigenvalue weighted by molar-refractivity contribution is -0.141. The zero-order chi connectivity index (χ0) is 24.6. The molecule has 188 valence electrons. The third-order valence-electron chi connectivity index (χ3n) is 6.89. The summed E-state index contributed by atoms with van der Waals surface area (Å²) >= 11 is 0. The molecule has 0 bridgehead atoms. The Hall–Kier alpha value is -3.22. The van der Waals surface area contributed by atoms with Crippen molar-refractivity contribution in [2.24, 2.45) is 0 Å². The van der Waals surface area contributed by atoms with E-state index in [1.54, 1.807) is 12.0 Å². The third-order valence-corrected chi connectivity index (χ3v) is 6.89. The van der Waals surface area contributed by atoms with E-state index in [2.05, 4.69) is 5.32 Å². The molecule has 35 heavy (non-hydrogen) atoms. The first-order valence-corrected chi connectivity index (χ1v) is 12.7. The van der Waals surface area contributed by atoms with Crippen molar-refractivity contribution in [3.8, 4) is 17.2 Å². The van der Waals surface area contributed by atoms with E-state index in [1.807, 2.05) is 49.4 Å². The van der Waals surface area contributed by atoms with E-state index in [0.717, 1.165) is 48.3 Å². The molecule has 0 aromatic heterocycles. The van der Waals surface area contributed by atoms with Gasteiger partial charge in [0.05, 0.1) is 7.11 Å². The highest BCUT2D eigenvalue weighted by Gasteiger charge is 2.30. The Bertz CT molecular complexity index is 1020. The van der Waals surface area contributed by atoms with Crippen molar-refractivity contribution < 1.29 is 23.8 Å². The molecule has 7 nitrogen and oxygen atoms in total. The Morgan fingerprint density at radius 2 is 1.86 bits per heavy atom. The van der Waals surface area contributed by atoms with E-state index < -0.39 is 6.04 Å². The Morgan fingerprint density at radius 3 is 2.63 bits per heavy atom. The van der Waals surface area contributed by atoms with Crippen LogP contribution in [0.2, 0.25) is 0 Å². The number of carbonyl (C=O) groups is 2. The van der Waals surface area contributed by atoms with E-state index >= 15 is 0 Å². The van der Waals surface area contributed by atoms with E-state index in [4.69, 9.17) is 14.2 Å². The average molecular weight is 481 g/mol. The number of methoxy groups -OCH3 is 1. The molecular formula is C28H36N2O5. The Kier molecular flexibility index (Phi) is 8.50. The normalized spacial score (nSPS) is 15.9. The van der Waals surface area contributed by atoms with Crippen LogP contribution in [0.3, 0.4) is 0 Å². The number of aryl methyl sites for hydroxylation is 1. The molecule has 0 spiro atoms. The first-order chi connectivity index (χ1) is 17.1. The summed E-state index contributed by atoms with van der Waals surface area (Å²) in [5.74, 6) is 2.07. The standard InChI is InChI=1S/C28H36N2O5/c1-3-24(28(32)29-22-9-5-4-6-10-22)30(18-21-8-7-11-23(16-21)33-2)27(31)15-13-20-12-14-25-26(17-20)35-19-34-25/h7-8,11-12,14,16-17,22,24H,3-6,9-10,13,15,18-19H2,1-2H3,(H,29,32)/t24-/m0/s1. The molecule has 0 saturated heterocycles. The van der Waals surface area contributed by atoms with Crippen LogP contribution in [0.15, 0.2) is 42.5 Å². The molecule has 2 aliphatic rings. The first kappa shape index (κ1) is 24.9. The molecule has 1 N–H and O–H groups in total. The molecule has 1 atom stereocenters. The molecule has 1 saturated carbocycles. The average Bonchev–Trinajstić information content (AvgIpc) is 3.36. The van der Waals surface area contributed by atoms with Gasteiger partial charge in [-0.1, -0.05) is 44.4 Å². The monoisotopic (exact) mass is 480 g/mol. The summed E-state index contributed by atoms with van der Waals surface area (Å²) in [5, 5.41) is 3.23. The number of rotatable bonds is 10. The number of ether oxygens (including phenoxy) is 3. The largest absolute Gasteiger partial charge is 0.497 e. The number of fused-ring (bicyclic) bond motifs is 1. The van der Waals surface area contributed by atoms with Gasteiger partial charge in [-0.3, -0.25) is 9.59 Å². The zero-order valence-corrected chi connectivity index (χ0v) is 20.8. The first-order valence-electron chi connectivity index (χ1n) is 12.7. The topological polar surface area (TPSA) is 77.1 Å². The molecule has 4 rings (SSSR count). The summed E-state index contributed by atoms with van der Waals surface area (Å²) in [6.07, 6.45) is 6.95. The zero-order valence-electron chi connectivity index (χ0n) is 20.8. The molecule has 1 heterocycles. The van der Waals surface area contributed by atoms with Gasteiger partial charge in [-0.25, -0.2) is 0 Å². The third kappa shape index (κ3) is 6.47. The van der Waals surface area contributed by atoms with Gasteiger partial charge in [0.25, 0.3) is 0 Å². The Morgan fingerprint density at radius 1 is 1.06 bits per heavy atom. The Balaban J connectivity index is 1.49. The number of benzene rings is 2. The van der Waals surface area contributed by atoms with Gasteiger partial charge in [0, 0.05) is 19.0 Å². The number of amides is 2. The quantitative estimate of drug-likeness (QED) is 0.537. The van der Waals surface area contributed by atoms with Crippen LogP contribution in [0, 0.1) is 0 Å². The van der Waals surface area contributed by atoms with Crippen LogP contribution in [0.4, 0.5) is 0 Å². The minimum atomic E-state index is -0.521. The molecule has 1 fully saturated rings. The number of carbonyl (C=O) groups excluding carboxylic acids is 2. The highest BCUT2D eigenvalue weighted by atomic mass is 16.7. The van der Waals surface area contributed by atoms with Gasteiger partial charge in [-0.05, 0) is 61.1 Å². The molecular weight excluding hydrogens is 444 g/mol. The maximum absolute atomic E-state index is 13.6. The van der Waals surface area contributed by atoms with Crippen LogP contribution in [0.25, 0.3) is 0 Å². The lowest BCUT2D eigenvalue weighted by Crippen LogP contribution is -2.51. The van der Waals surface area contributed by atoms with Gasteiger partial charge in [0.15, 0.2) is 11.5 Å². The van der Waals surface area contributed by atoms with E-state index in [-0.39, 0.29) is 24.6 Å². The molecule has 2 aromatic carbocycles. The SMILES string of the molecule is CC[C@@H](C(=O)NC1CCCCC1)N(Cc1cccc(OC)c1)C(=O)CCc1ccc2c(c1)OCO2. The summed E-state index contributed by atoms with van der Waals surface area (Å²) in [4.78, 5) is 28.6. The van der Waals surface area contributed by atoms with Crippen LogP contribution in [0.5, 0.6) is 17.2 Å². The van der Waals surface area contributed by atoms with Crippen LogP contribution < -0.4 is 19.5 Å². The molecule has 1 aliphatic heterocycles. The molecule has 1 aliphatic carbocycles. The minimum Gasteiger partial charge on any atom is -0.497 e. The summed E-state index contributed by atoms with van der Waals surface area (Å²) in [6.45, 7) is 2.54. The van der Waals surface area contributed by atoms with Crippen molar-refractivity contribution in [1.29, 1.82) is 0 Å². The van der Waals surface area contributed by atoms with E-state index in [9.17, 15) is 9.59 Å². The maximum Gasteiger partial charge on any atom is 0.243 e. The predicted octanol–water partition coefficient (Wildman–Crippen LogP) is 4.61. The lowest BCUT2D eigenvalue weighted by Gasteiger charge is -2.33. The fourth-order valence-electron chi connectivity index (χ4n) is 4.92. The number of nitrogens with zero attached hydrogens (tertiary/aromatic N) is 1. The molecule has 0 radical (unpaired) electrons. The minimum absolute atomic E-state index is 0.0452. The summed E-state index contributed by atoms with van der Waals surface area (Å²) < 4.78 is 16.2. The number of nitrogens with one attached hydrogen (secondary N) is 1. The van der Waals surface area contributed by atoms with Crippen LogP contribution in [-0.2, 0) is 22.6 Å². The molecule has 0 unspecified atom stereocenters. The van der Waals surface area contributed by atoms with Crippen LogP contribution in [-0.4, -0.2) is 42.7 Å². The summed E-state index contributed by atoms with van der Waals surface area (Å²) in [5.41, 5.74) is 1.94. The fourth-order valence-corrected chi connectivity index (χ4v) is 4.92. The summed E-state index contributed by atoms with van der Waals surface area (Å²) in [7, 11) is 1.62. The molecule has 7 heteroatoms. The van der Waals surface area contributed by atoms with Gasteiger partial charge in [-0.15, -0.1) is 0 Å². The van der Waals surface area contributed by atoms with Gasteiger partial charge < -0.3 is 24.4 Å².